The highest BCUT2D eigenvalue weighted by Gasteiger charge is 1.96. The summed E-state index contributed by atoms with van der Waals surface area (Å²) in [5.74, 6) is 1.65. The van der Waals surface area contributed by atoms with Gasteiger partial charge in [-0.15, -0.1) is 0 Å². The molecule has 2 N–H and O–H groups in total. The molecule has 0 aliphatic heterocycles. The van der Waals surface area contributed by atoms with Gasteiger partial charge in [0.25, 0.3) is 0 Å². The van der Waals surface area contributed by atoms with E-state index in [2.05, 4.69) is 0 Å². The standard InChI is InChI=1S/C11H15NO2S/c1-2-13-9-3-5-10(6-4-9)14-8-7-11(12)15/h3-6H,2,7-8H2,1H3,(H2,12,15). The molecule has 0 atom stereocenters. The Balaban J connectivity index is 2.39. The molecule has 3 nitrogen and oxygen atoms in total. The fraction of sp³-hybridized carbons (Fsp3) is 0.364. The van der Waals surface area contributed by atoms with E-state index in [1.165, 1.54) is 0 Å². The molecule has 0 spiro atoms. The van der Waals surface area contributed by atoms with Gasteiger partial charge in [0.1, 0.15) is 11.5 Å². The summed E-state index contributed by atoms with van der Waals surface area (Å²) in [5, 5.41) is 0. The fourth-order valence-electron chi connectivity index (χ4n) is 1.07. The van der Waals surface area contributed by atoms with Gasteiger partial charge in [0, 0.05) is 6.42 Å². The second-order valence-electron chi connectivity index (χ2n) is 2.97. The van der Waals surface area contributed by atoms with E-state index in [0.717, 1.165) is 11.5 Å². The van der Waals surface area contributed by atoms with Crippen LogP contribution in [0.1, 0.15) is 13.3 Å². The Morgan fingerprint density at radius 3 is 2.20 bits per heavy atom. The number of ether oxygens (including phenoxy) is 2. The molecule has 0 aliphatic carbocycles. The molecule has 1 rings (SSSR count). The van der Waals surface area contributed by atoms with Crippen molar-refractivity contribution >= 4 is 17.2 Å². The first-order chi connectivity index (χ1) is 7.22. The molecule has 0 unspecified atom stereocenters. The van der Waals surface area contributed by atoms with Crippen LogP contribution in [0.3, 0.4) is 0 Å². The zero-order chi connectivity index (χ0) is 11.1. The first-order valence-electron chi connectivity index (χ1n) is 4.86. The quantitative estimate of drug-likeness (QED) is 0.753. The van der Waals surface area contributed by atoms with Crippen molar-refractivity contribution in [3.63, 3.8) is 0 Å². The highest BCUT2D eigenvalue weighted by atomic mass is 32.1. The van der Waals surface area contributed by atoms with Gasteiger partial charge in [-0.05, 0) is 31.2 Å². The van der Waals surface area contributed by atoms with Crippen molar-refractivity contribution in [3.8, 4) is 11.5 Å². The Labute approximate surface area is 95.2 Å². The van der Waals surface area contributed by atoms with Crippen molar-refractivity contribution in [1.29, 1.82) is 0 Å². The molecule has 0 saturated heterocycles. The Kier molecular flexibility index (Phi) is 4.90. The molecule has 0 saturated carbocycles. The Bertz CT molecular complexity index is 311. The van der Waals surface area contributed by atoms with Crippen LogP contribution < -0.4 is 15.2 Å². The topological polar surface area (TPSA) is 44.5 Å². The predicted octanol–water partition coefficient (Wildman–Crippen LogP) is 2.14. The van der Waals surface area contributed by atoms with Crippen molar-refractivity contribution in [2.75, 3.05) is 13.2 Å². The number of hydrogen-bond acceptors (Lipinski definition) is 3. The molecule has 0 bridgehead atoms. The monoisotopic (exact) mass is 225 g/mol. The molecule has 1 aromatic carbocycles. The zero-order valence-electron chi connectivity index (χ0n) is 8.73. The zero-order valence-corrected chi connectivity index (χ0v) is 9.55. The summed E-state index contributed by atoms with van der Waals surface area (Å²) in [6.45, 7) is 3.14. The van der Waals surface area contributed by atoms with E-state index in [1.807, 2.05) is 31.2 Å². The Hall–Kier alpha value is -1.29. The lowest BCUT2D eigenvalue weighted by atomic mass is 10.3. The second kappa shape index (κ2) is 6.24. The minimum atomic E-state index is 0.473. The molecular formula is C11H15NO2S. The number of nitrogens with two attached hydrogens (primary N) is 1. The molecule has 0 fully saturated rings. The highest BCUT2D eigenvalue weighted by molar-refractivity contribution is 7.80. The maximum Gasteiger partial charge on any atom is 0.119 e. The smallest absolute Gasteiger partial charge is 0.119 e. The van der Waals surface area contributed by atoms with Crippen molar-refractivity contribution in [3.05, 3.63) is 24.3 Å². The summed E-state index contributed by atoms with van der Waals surface area (Å²) < 4.78 is 10.7. The minimum Gasteiger partial charge on any atom is -0.494 e. The largest absolute Gasteiger partial charge is 0.494 e. The third-order valence-corrected chi connectivity index (χ3v) is 1.96. The van der Waals surface area contributed by atoms with Gasteiger partial charge >= 0.3 is 0 Å². The van der Waals surface area contributed by atoms with Gasteiger partial charge < -0.3 is 15.2 Å². The normalized spacial score (nSPS) is 9.67. The van der Waals surface area contributed by atoms with Gasteiger partial charge in [-0.1, -0.05) is 12.2 Å². The highest BCUT2D eigenvalue weighted by Crippen LogP contribution is 2.17. The van der Waals surface area contributed by atoms with E-state index in [0.29, 0.717) is 24.6 Å². The van der Waals surface area contributed by atoms with E-state index in [1.54, 1.807) is 0 Å². The Morgan fingerprint density at radius 2 is 1.73 bits per heavy atom. The molecule has 0 radical (unpaired) electrons. The first kappa shape index (κ1) is 11.8. The van der Waals surface area contributed by atoms with Crippen molar-refractivity contribution in [2.24, 2.45) is 5.73 Å². The van der Waals surface area contributed by atoms with Crippen molar-refractivity contribution in [2.45, 2.75) is 13.3 Å². The maximum absolute atomic E-state index is 5.43. The molecule has 82 valence electrons. The first-order valence-corrected chi connectivity index (χ1v) is 5.27. The summed E-state index contributed by atoms with van der Waals surface area (Å²) in [6, 6.07) is 7.48. The van der Waals surface area contributed by atoms with Crippen LogP contribution in [-0.2, 0) is 0 Å². The second-order valence-corrected chi connectivity index (χ2v) is 3.49. The molecular weight excluding hydrogens is 210 g/mol. The molecule has 15 heavy (non-hydrogen) atoms. The average Bonchev–Trinajstić information content (AvgIpc) is 2.20. The average molecular weight is 225 g/mol. The molecule has 1 aromatic rings. The van der Waals surface area contributed by atoms with Gasteiger partial charge in [0.05, 0.1) is 18.2 Å². The third-order valence-electron chi connectivity index (χ3n) is 1.75. The van der Waals surface area contributed by atoms with Gasteiger partial charge in [0.15, 0.2) is 0 Å². The Morgan fingerprint density at radius 1 is 1.20 bits per heavy atom. The van der Waals surface area contributed by atoms with Crippen LogP contribution in [-0.4, -0.2) is 18.2 Å². The summed E-state index contributed by atoms with van der Waals surface area (Å²) in [7, 11) is 0. The number of thiocarbonyl (C=S) groups is 1. The summed E-state index contributed by atoms with van der Waals surface area (Å²) >= 11 is 4.74. The van der Waals surface area contributed by atoms with Crippen LogP contribution in [0.25, 0.3) is 0 Å². The number of hydrogen-bond donors (Lipinski definition) is 1. The third kappa shape index (κ3) is 4.65. The SMILES string of the molecule is CCOc1ccc(OCCC(N)=S)cc1. The van der Waals surface area contributed by atoms with E-state index in [-0.39, 0.29) is 0 Å². The summed E-state index contributed by atoms with van der Waals surface area (Å²) in [4.78, 5) is 0.473. The molecule has 4 heteroatoms. The molecule has 0 amide bonds. The lowest BCUT2D eigenvalue weighted by Crippen LogP contribution is -2.12. The van der Waals surface area contributed by atoms with E-state index < -0.39 is 0 Å². The van der Waals surface area contributed by atoms with Gasteiger partial charge in [-0.25, -0.2) is 0 Å². The molecule has 0 aliphatic rings. The van der Waals surface area contributed by atoms with Crippen LogP contribution in [0.2, 0.25) is 0 Å². The fourth-order valence-corrected chi connectivity index (χ4v) is 1.15. The number of rotatable bonds is 6. The van der Waals surface area contributed by atoms with E-state index in [9.17, 15) is 0 Å². The lowest BCUT2D eigenvalue weighted by molar-refractivity contribution is 0.324. The van der Waals surface area contributed by atoms with Crippen LogP contribution in [0.15, 0.2) is 24.3 Å². The van der Waals surface area contributed by atoms with Crippen LogP contribution >= 0.6 is 12.2 Å². The van der Waals surface area contributed by atoms with E-state index >= 15 is 0 Å². The molecule has 0 aromatic heterocycles. The number of benzene rings is 1. The van der Waals surface area contributed by atoms with Crippen LogP contribution in [0.4, 0.5) is 0 Å². The van der Waals surface area contributed by atoms with Crippen LogP contribution in [0.5, 0.6) is 11.5 Å². The maximum atomic E-state index is 5.43. The van der Waals surface area contributed by atoms with Crippen molar-refractivity contribution < 1.29 is 9.47 Å². The van der Waals surface area contributed by atoms with Gasteiger partial charge in [0.2, 0.25) is 0 Å². The summed E-state index contributed by atoms with van der Waals surface area (Å²) in [5.41, 5.74) is 5.35. The summed E-state index contributed by atoms with van der Waals surface area (Å²) in [6.07, 6.45) is 0.600. The van der Waals surface area contributed by atoms with Crippen molar-refractivity contribution in [1.82, 2.24) is 0 Å². The van der Waals surface area contributed by atoms with Gasteiger partial charge in [-0.2, -0.15) is 0 Å². The van der Waals surface area contributed by atoms with E-state index in [4.69, 9.17) is 27.4 Å². The minimum absolute atomic E-state index is 0.473. The lowest BCUT2D eigenvalue weighted by Gasteiger charge is -2.06. The predicted molar refractivity (Wildman–Crippen MR) is 64.5 cm³/mol. The van der Waals surface area contributed by atoms with Gasteiger partial charge in [-0.3, -0.25) is 0 Å². The molecule has 0 heterocycles. The van der Waals surface area contributed by atoms with Crippen LogP contribution in [0, 0.1) is 0 Å².